The summed E-state index contributed by atoms with van der Waals surface area (Å²) in [6.07, 6.45) is 2.68. The normalized spacial score (nSPS) is 14.5. The number of piperidine rings is 1. The van der Waals surface area contributed by atoms with E-state index < -0.39 is 0 Å². The summed E-state index contributed by atoms with van der Waals surface area (Å²) in [7, 11) is 0. The minimum Gasteiger partial charge on any atom is -0.337 e. The third-order valence-corrected chi connectivity index (χ3v) is 6.31. The third kappa shape index (κ3) is 4.80. The lowest BCUT2D eigenvalue weighted by Gasteiger charge is -2.30. The Morgan fingerprint density at radius 3 is 2.40 bits per heavy atom. The van der Waals surface area contributed by atoms with Crippen LogP contribution in [0.25, 0.3) is 10.6 Å². The number of hydrogen-bond acceptors (Lipinski definition) is 5. The van der Waals surface area contributed by atoms with E-state index in [1.165, 1.54) is 17.5 Å². The molecule has 1 aliphatic heterocycles. The number of carbonyl (C=O) groups excluding carboxylic acids is 2. The van der Waals surface area contributed by atoms with E-state index in [1.54, 1.807) is 34.5 Å². The molecule has 0 radical (unpaired) electrons. The topological polar surface area (TPSA) is 75.2 Å². The standard InChI is InChI=1S/C21H18Cl2N4O2S/c22-15-3-1-14(2-4-15)20-25-17(12-30-20)21(29)27-9-7-13(8-10-27)19(28)26-18-6-5-16(23)11-24-18/h1-6,11-13H,7-10H2,(H,24,26,28). The molecule has 1 aromatic carbocycles. The van der Waals surface area contributed by atoms with Crippen LogP contribution in [-0.4, -0.2) is 39.8 Å². The molecular formula is C21H18Cl2N4O2S. The van der Waals surface area contributed by atoms with Crippen molar-refractivity contribution in [3.63, 3.8) is 0 Å². The molecule has 154 valence electrons. The molecule has 3 heterocycles. The molecule has 6 nitrogen and oxygen atoms in total. The van der Waals surface area contributed by atoms with E-state index in [2.05, 4.69) is 15.3 Å². The number of amides is 2. The Labute approximate surface area is 187 Å². The zero-order chi connectivity index (χ0) is 21.1. The van der Waals surface area contributed by atoms with Gasteiger partial charge in [-0.05, 0) is 37.1 Å². The molecular weight excluding hydrogens is 443 g/mol. The molecule has 0 spiro atoms. The van der Waals surface area contributed by atoms with Crippen LogP contribution in [0.3, 0.4) is 0 Å². The highest BCUT2D eigenvalue weighted by molar-refractivity contribution is 7.13. The van der Waals surface area contributed by atoms with E-state index in [0.717, 1.165) is 10.6 Å². The first kappa shape index (κ1) is 20.8. The van der Waals surface area contributed by atoms with Crippen LogP contribution >= 0.6 is 34.5 Å². The molecule has 3 aromatic rings. The van der Waals surface area contributed by atoms with Gasteiger partial charge in [-0.1, -0.05) is 35.3 Å². The molecule has 0 unspecified atom stereocenters. The largest absolute Gasteiger partial charge is 0.337 e. The molecule has 2 amide bonds. The highest BCUT2D eigenvalue weighted by atomic mass is 35.5. The van der Waals surface area contributed by atoms with Crippen molar-refractivity contribution in [3.8, 4) is 10.6 Å². The van der Waals surface area contributed by atoms with Crippen molar-refractivity contribution in [2.45, 2.75) is 12.8 Å². The summed E-state index contributed by atoms with van der Waals surface area (Å²) in [6.45, 7) is 1.03. The van der Waals surface area contributed by atoms with Crippen molar-refractivity contribution in [2.24, 2.45) is 5.92 Å². The fourth-order valence-electron chi connectivity index (χ4n) is 3.28. The monoisotopic (exact) mass is 460 g/mol. The van der Waals surface area contributed by atoms with Gasteiger partial charge in [0.15, 0.2) is 0 Å². The number of anilines is 1. The van der Waals surface area contributed by atoms with Gasteiger partial charge in [-0.25, -0.2) is 9.97 Å². The molecule has 4 rings (SSSR count). The van der Waals surface area contributed by atoms with Gasteiger partial charge in [0.25, 0.3) is 5.91 Å². The molecule has 0 atom stereocenters. The Morgan fingerprint density at radius 1 is 1.03 bits per heavy atom. The summed E-state index contributed by atoms with van der Waals surface area (Å²) in [4.78, 5) is 35.6. The van der Waals surface area contributed by atoms with E-state index >= 15 is 0 Å². The van der Waals surface area contributed by atoms with Crippen LogP contribution in [-0.2, 0) is 4.79 Å². The first-order chi connectivity index (χ1) is 14.5. The van der Waals surface area contributed by atoms with Crippen LogP contribution in [0.5, 0.6) is 0 Å². The summed E-state index contributed by atoms with van der Waals surface area (Å²) in [5.41, 5.74) is 1.35. The number of benzene rings is 1. The van der Waals surface area contributed by atoms with Crippen LogP contribution in [0.1, 0.15) is 23.3 Å². The van der Waals surface area contributed by atoms with Crippen molar-refractivity contribution in [1.82, 2.24) is 14.9 Å². The van der Waals surface area contributed by atoms with Gasteiger partial charge in [-0.15, -0.1) is 11.3 Å². The van der Waals surface area contributed by atoms with Crippen molar-refractivity contribution in [1.29, 1.82) is 0 Å². The van der Waals surface area contributed by atoms with Gasteiger partial charge in [0.05, 0.1) is 5.02 Å². The summed E-state index contributed by atoms with van der Waals surface area (Å²) in [5.74, 6) is 0.118. The van der Waals surface area contributed by atoms with Crippen molar-refractivity contribution in [2.75, 3.05) is 18.4 Å². The van der Waals surface area contributed by atoms with Gasteiger partial charge in [0.1, 0.15) is 16.5 Å². The second kappa shape index (κ2) is 9.12. The predicted octanol–water partition coefficient (Wildman–Crippen LogP) is 5.00. The molecule has 0 bridgehead atoms. The first-order valence-electron chi connectivity index (χ1n) is 9.43. The molecule has 1 aliphatic rings. The lowest BCUT2D eigenvalue weighted by molar-refractivity contribution is -0.121. The number of pyridine rings is 1. The number of carbonyl (C=O) groups is 2. The van der Waals surface area contributed by atoms with E-state index in [1.807, 2.05) is 12.1 Å². The summed E-state index contributed by atoms with van der Waals surface area (Å²) in [5, 5.41) is 6.53. The number of rotatable bonds is 4. The lowest BCUT2D eigenvalue weighted by atomic mass is 9.95. The molecule has 1 fully saturated rings. The smallest absolute Gasteiger partial charge is 0.273 e. The number of hydrogen-bond donors (Lipinski definition) is 1. The zero-order valence-corrected chi connectivity index (χ0v) is 18.2. The molecule has 9 heteroatoms. The minimum atomic E-state index is -0.161. The molecule has 2 aromatic heterocycles. The van der Waals surface area contributed by atoms with Crippen molar-refractivity contribution >= 4 is 52.2 Å². The summed E-state index contributed by atoms with van der Waals surface area (Å²) >= 11 is 13.2. The maximum atomic E-state index is 12.8. The van der Waals surface area contributed by atoms with Crippen LogP contribution in [0.4, 0.5) is 5.82 Å². The van der Waals surface area contributed by atoms with E-state index in [-0.39, 0.29) is 17.7 Å². The van der Waals surface area contributed by atoms with Crippen molar-refractivity contribution < 1.29 is 9.59 Å². The summed E-state index contributed by atoms with van der Waals surface area (Å²) < 4.78 is 0. The maximum Gasteiger partial charge on any atom is 0.273 e. The second-order valence-corrected chi connectivity index (χ2v) is 8.69. The minimum absolute atomic E-state index is 0.0874. The average molecular weight is 461 g/mol. The molecule has 0 aliphatic carbocycles. The quantitative estimate of drug-likeness (QED) is 0.593. The van der Waals surface area contributed by atoms with E-state index in [0.29, 0.717) is 47.5 Å². The molecule has 0 saturated carbocycles. The van der Waals surface area contributed by atoms with Gasteiger partial charge in [0.2, 0.25) is 5.91 Å². The van der Waals surface area contributed by atoms with Gasteiger partial charge in [0, 0.05) is 41.2 Å². The highest BCUT2D eigenvalue weighted by Gasteiger charge is 2.29. The number of likely N-dealkylation sites (tertiary alicyclic amines) is 1. The summed E-state index contributed by atoms with van der Waals surface area (Å²) in [6, 6.07) is 10.7. The molecule has 1 N–H and O–H groups in total. The maximum absolute atomic E-state index is 12.8. The lowest BCUT2D eigenvalue weighted by Crippen LogP contribution is -2.41. The Morgan fingerprint density at radius 2 is 1.73 bits per heavy atom. The van der Waals surface area contributed by atoms with Crippen LogP contribution < -0.4 is 5.32 Å². The second-order valence-electron chi connectivity index (χ2n) is 6.96. The van der Waals surface area contributed by atoms with Gasteiger partial charge >= 0.3 is 0 Å². The number of aromatic nitrogens is 2. The average Bonchev–Trinajstić information content (AvgIpc) is 3.26. The molecule has 30 heavy (non-hydrogen) atoms. The fraction of sp³-hybridized carbons (Fsp3) is 0.238. The number of nitrogens with one attached hydrogen (secondary N) is 1. The number of nitrogens with zero attached hydrogens (tertiary/aromatic N) is 3. The zero-order valence-electron chi connectivity index (χ0n) is 15.8. The first-order valence-corrected chi connectivity index (χ1v) is 11.1. The van der Waals surface area contributed by atoms with Crippen LogP contribution in [0, 0.1) is 5.92 Å². The third-order valence-electron chi connectivity index (χ3n) is 4.95. The number of halogens is 2. The predicted molar refractivity (Wildman–Crippen MR) is 119 cm³/mol. The van der Waals surface area contributed by atoms with Crippen LogP contribution in [0.15, 0.2) is 48.0 Å². The fourth-order valence-corrected chi connectivity index (χ4v) is 4.32. The van der Waals surface area contributed by atoms with E-state index in [9.17, 15) is 9.59 Å². The van der Waals surface area contributed by atoms with E-state index in [4.69, 9.17) is 23.2 Å². The highest BCUT2D eigenvalue weighted by Crippen LogP contribution is 2.27. The van der Waals surface area contributed by atoms with Gasteiger partial charge in [-0.2, -0.15) is 0 Å². The Bertz CT molecular complexity index is 1050. The Hall–Kier alpha value is -2.48. The Balaban J connectivity index is 1.33. The van der Waals surface area contributed by atoms with Gasteiger partial charge in [-0.3, -0.25) is 9.59 Å². The SMILES string of the molecule is O=C(Nc1ccc(Cl)cn1)C1CCN(C(=O)c2csc(-c3ccc(Cl)cc3)n2)CC1. The van der Waals surface area contributed by atoms with Crippen molar-refractivity contribution in [3.05, 3.63) is 63.7 Å². The van der Waals surface area contributed by atoms with Gasteiger partial charge < -0.3 is 10.2 Å². The Kier molecular flexibility index (Phi) is 6.32. The van der Waals surface area contributed by atoms with Crippen LogP contribution in [0.2, 0.25) is 10.0 Å². The number of thiazole rings is 1. The molecule has 1 saturated heterocycles.